The Kier molecular flexibility index (Phi) is 11.0. The number of carbonyl (C=O) groups excluding carboxylic acids is 3. The maximum absolute atomic E-state index is 12.9. The van der Waals surface area contributed by atoms with Crippen LogP contribution in [0.3, 0.4) is 0 Å². The number of nitrogens with two attached hydrogens (primary N) is 1. The Morgan fingerprint density at radius 1 is 0.946 bits per heavy atom. The van der Waals surface area contributed by atoms with E-state index in [0.717, 1.165) is 0 Å². The van der Waals surface area contributed by atoms with Gasteiger partial charge in [0.05, 0.1) is 19.0 Å². The molecular weight excluding hydrogens is 484 g/mol. The highest BCUT2D eigenvalue weighted by Crippen LogP contribution is 2.11. The van der Waals surface area contributed by atoms with Gasteiger partial charge in [0.25, 0.3) is 0 Å². The number of hydrogen-bond donors (Lipinski definition) is 8. The number of phenols is 1. The number of H-pyrrole nitrogens is 1. The maximum Gasteiger partial charge on any atom is 0.326 e. The molecule has 0 fully saturated rings. The summed E-state index contributed by atoms with van der Waals surface area (Å²) in [4.78, 5) is 56.6. The van der Waals surface area contributed by atoms with Crippen LogP contribution in [-0.4, -0.2) is 79.8 Å². The summed E-state index contributed by atoms with van der Waals surface area (Å²) >= 11 is 0. The van der Waals surface area contributed by atoms with E-state index in [9.17, 15) is 34.5 Å². The molecule has 2 aromatic rings. The first kappa shape index (κ1) is 29.3. The van der Waals surface area contributed by atoms with Crippen molar-refractivity contribution >= 4 is 23.7 Å². The summed E-state index contributed by atoms with van der Waals surface area (Å²) in [5.74, 6) is -3.49. The second-order valence-electron chi connectivity index (χ2n) is 9.09. The van der Waals surface area contributed by atoms with Crippen LogP contribution in [0.25, 0.3) is 0 Å². The lowest BCUT2D eigenvalue weighted by Crippen LogP contribution is -2.58. The number of phenolic OH excluding ortho intramolecular Hbond substituents is 1. The van der Waals surface area contributed by atoms with Gasteiger partial charge in [-0.25, -0.2) is 9.78 Å². The van der Waals surface area contributed by atoms with Crippen molar-refractivity contribution in [2.45, 2.75) is 57.3 Å². The first-order valence-electron chi connectivity index (χ1n) is 11.8. The smallest absolute Gasteiger partial charge is 0.326 e. The molecule has 4 unspecified atom stereocenters. The van der Waals surface area contributed by atoms with Gasteiger partial charge in [-0.05, 0) is 36.5 Å². The minimum absolute atomic E-state index is 0.0440. The summed E-state index contributed by atoms with van der Waals surface area (Å²) in [6.07, 6.45) is 3.09. The van der Waals surface area contributed by atoms with Crippen molar-refractivity contribution in [2.24, 2.45) is 11.7 Å². The standard InChI is InChI=1S/C24H34N6O7/c1-13(2)7-18(22(34)29-19(24(36)37)9-15-10-26-12-27-15)28-23(35)20(11-31)30-21(33)17(25)8-14-3-5-16(32)6-4-14/h3-6,10,12-13,17-20,31-32H,7-9,11,25H2,1-2H3,(H,26,27)(H,28,35)(H,29,34)(H,30,33)(H,36,37). The molecular formula is C24H34N6O7. The quantitative estimate of drug-likeness (QED) is 0.150. The molecule has 13 heteroatoms. The predicted molar refractivity (Wildman–Crippen MR) is 132 cm³/mol. The topological polar surface area (TPSA) is 220 Å². The molecule has 0 aliphatic rings. The van der Waals surface area contributed by atoms with Crippen molar-refractivity contribution in [1.29, 1.82) is 0 Å². The summed E-state index contributed by atoms with van der Waals surface area (Å²) in [7, 11) is 0. The zero-order valence-electron chi connectivity index (χ0n) is 20.7. The molecule has 0 spiro atoms. The average Bonchev–Trinajstić information content (AvgIpc) is 3.35. The van der Waals surface area contributed by atoms with Gasteiger partial charge < -0.3 is 42.0 Å². The zero-order valence-corrected chi connectivity index (χ0v) is 20.7. The summed E-state index contributed by atoms with van der Waals surface area (Å²) in [5.41, 5.74) is 7.12. The fraction of sp³-hybridized carbons (Fsp3) is 0.458. The highest BCUT2D eigenvalue weighted by molar-refractivity contribution is 5.94. The maximum atomic E-state index is 12.9. The number of nitrogens with one attached hydrogen (secondary N) is 4. The molecule has 4 atom stereocenters. The van der Waals surface area contributed by atoms with Crippen LogP contribution in [0.1, 0.15) is 31.5 Å². The zero-order chi connectivity index (χ0) is 27.5. The van der Waals surface area contributed by atoms with Gasteiger partial charge in [-0.3, -0.25) is 14.4 Å². The fourth-order valence-corrected chi connectivity index (χ4v) is 3.52. The Hall–Kier alpha value is -3.97. The molecule has 13 nitrogen and oxygen atoms in total. The number of aliphatic hydroxyl groups excluding tert-OH is 1. The molecule has 0 aliphatic carbocycles. The van der Waals surface area contributed by atoms with Gasteiger partial charge in [0.15, 0.2) is 0 Å². The lowest BCUT2D eigenvalue weighted by Gasteiger charge is -2.25. The monoisotopic (exact) mass is 518 g/mol. The molecule has 9 N–H and O–H groups in total. The highest BCUT2D eigenvalue weighted by Gasteiger charge is 2.30. The Morgan fingerprint density at radius 3 is 2.08 bits per heavy atom. The number of hydrogen-bond acceptors (Lipinski definition) is 8. The Morgan fingerprint density at radius 2 is 1.54 bits per heavy atom. The van der Waals surface area contributed by atoms with Crippen molar-refractivity contribution in [2.75, 3.05) is 6.61 Å². The number of aromatic nitrogens is 2. The molecule has 3 amide bonds. The van der Waals surface area contributed by atoms with E-state index in [1.54, 1.807) is 12.1 Å². The number of aromatic amines is 1. The lowest BCUT2D eigenvalue weighted by atomic mass is 10.0. The third kappa shape index (κ3) is 9.54. The van der Waals surface area contributed by atoms with Crippen LogP contribution in [0.4, 0.5) is 0 Å². The normalized spacial score (nSPS) is 14.3. The number of carboxylic acid groups (broad SMARTS) is 1. The Balaban J connectivity index is 2.02. The predicted octanol–water partition coefficient (Wildman–Crippen LogP) is -1.19. The van der Waals surface area contributed by atoms with Crippen molar-refractivity contribution < 1.29 is 34.5 Å². The molecule has 0 radical (unpaired) electrons. The van der Waals surface area contributed by atoms with Gasteiger partial charge in [-0.2, -0.15) is 0 Å². The first-order chi connectivity index (χ1) is 17.5. The van der Waals surface area contributed by atoms with Crippen LogP contribution in [0, 0.1) is 5.92 Å². The average molecular weight is 519 g/mol. The van der Waals surface area contributed by atoms with Crippen LogP contribution < -0.4 is 21.7 Å². The molecule has 1 aromatic heterocycles. The largest absolute Gasteiger partial charge is 0.508 e. The number of aliphatic carboxylic acids is 1. The number of rotatable bonds is 14. The van der Waals surface area contributed by atoms with Crippen molar-refractivity contribution in [3.8, 4) is 5.75 Å². The van der Waals surface area contributed by atoms with E-state index in [4.69, 9.17) is 5.73 Å². The van der Waals surface area contributed by atoms with Gasteiger partial charge in [0.2, 0.25) is 17.7 Å². The molecule has 37 heavy (non-hydrogen) atoms. The second kappa shape index (κ2) is 13.9. The van der Waals surface area contributed by atoms with E-state index in [2.05, 4.69) is 25.9 Å². The minimum atomic E-state index is -1.39. The van der Waals surface area contributed by atoms with Crippen LogP contribution in [0.5, 0.6) is 5.75 Å². The lowest BCUT2D eigenvalue weighted by molar-refractivity contribution is -0.142. The van der Waals surface area contributed by atoms with Crippen LogP contribution in [-0.2, 0) is 32.0 Å². The fourth-order valence-electron chi connectivity index (χ4n) is 3.52. The molecule has 0 saturated carbocycles. The minimum Gasteiger partial charge on any atom is -0.508 e. The summed E-state index contributed by atoms with van der Waals surface area (Å²) in [6, 6.07) is 1.29. The highest BCUT2D eigenvalue weighted by atomic mass is 16.4. The molecule has 2 rings (SSSR count). The number of carboxylic acids is 1. The van der Waals surface area contributed by atoms with Gasteiger partial charge in [0, 0.05) is 18.3 Å². The molecule has 202 valence electrons. The number of amides is 3. The van der Waals surface area contributed by atoms with Crippen molar-refractivity contribution in [3.05, 3.63) is 48.0 Å². The molecule has 0 saturated heterocycles. The summed E-state index contributed by atoms with van der Waals surface area (Å²) < 4.78 is 0. The number of carbonyl (C=O) groups is 4. The van der Waals surface area contributed by atoms with Crippen molar-refractivity contribution in [3.63, 3.8) is 0 Å². The van der Waals surface area contributed by atoms with Gasteiger partial charge in [-0.1, -0.05) is 26.0 Å². The summed E-state index contributed by atoms with van der Waals surface area (Å²) in [5, 5.41) is 35.9. The number of aliphatic hydroxyl groups is 1. The first-order valence-corrected chi connectivity index (χ1v) is 11.8. The third-order valence-electron chi connectivity index (χ3n) is 5.48. The Bertz CT molecular complexity index is 1040. The number of benzene rings is 1. The van der Waals surface area contributed by atoms with Gasteiger partial charge >= 0.3 is 5.97 Å². The van der Waals surface area contributed by atoms with Crippen LogP contribution in [0.2, 0.25) is 0 Å². The molecule has 1 heterocycles. The second-order valence-corrected chi connectivity index (χ2v) is 9.09. The third-order valence-corrected chi connectivity index (χ3v) is 5.48. The number of imidazole rings is 1. The van der Waals surface area contributed by atoms with Crippen LogP contribution >= 0.6 is 0 Å². The van der Waals surface area contributed by atoms with Gasteiger partial charge in [0.1, 0.15) is 23.9 Å². The van der Waals surface area contributed by atoms with Crippen LogP contribution in [0.15, 0.2) is 36.8 Å². The van der Waals surface area contributed by atoms with E-state index < -0.39 is 54.5 Å². The SMILES string of the molecule is CC(C)CC(NC(=O)C(CO)NC(=O)C(N)Cc1ccc(O)cc1)C(=O)NC(Cc1cnc[nH]1)C(=O)O. The summed E-state index contributed by atoms with van der Waals surface area (Å²) in [6.45, 7) is 2.88. The van der Waals surface area contributed by atoms with E-state index in [1.807, 2.05) is 13.8 Å². The van der Waals surface area contributed by atoms with E-state index >= 15 is 0 Å². The van der Waals surface area contributed by atoms with E-state index in [0.29, 0.717) is 11.3 Å². The molecule has 1 aromatic carbocycles. The molecule has 0 bridgehead atoms. The Labute approximate surface area is 213 Å². The van der Waals surface area contributed by atoms with Crippen molar-refractivity contribution in [1.82, 2.24) is 25.9 Å². The number of nitrogens with zero attached hydrogens (tertiary/aromatic N) is 1. The van der Waals surface area contributed by atoms with E-state index in [-0.39, 0.29) is 30.9 Å². The van der Waals surface area contributed by atoms with Gasteiger partial charge in [-0.15, -0.1) is 0 Å². The number of aromatic hydroxyl groups is 1. The molecule has 0 aliphatic heterocycles. The van der Waals surface area contributed by atoms with E-state index in [1.165, 1.54) is 24.7 Å².